The van der Waals surface area contributed by atoms with Crippen molar-refractivity contribution in [2.75, 3.05) is 13.7 Å². The molecule has 2 aromatic rings. The highest BCUT2D eigenvalue weighted by Gasteiger charge is 2.16. The summed E-state index contributed by atoms with van der Waals surface area (Å²) in [5.41, 5.74) is 8.49. The van der Waals surface area contributed by atoms with Crippen molar-refractivity contribution in [3.8, 4) is 5.75 Å². The fourth-order valence-corrected chi connectivity index (χ4v) is 2.32. The predicted molar refractivity (Wildman–Crippen MR) is 75.0 cm³/mol. The molecule has 0 heterocycles. The molecular formula is C16H18FNO. The van der Waals surface area contributed by atoms with E-state index in [1.165, 1.54) is 6.07 Å². The van der Waals surface area contributed by atoms with Gasteiger partial charge in [0.1, 0.15) is 11.6 Å². The number of halogens is 1. The topological polar surface area (TPSA) is 35.2 Å². The van der Waals surface area contributed by atoms with Crippen molar-refractivity contribution in [1.29, 1.82) is 0 Å². The first kappa shape index (κ1) is 13.6. The summed E-state index contributed by atoms with van der Waals surface area (Å²) in [5, 5.41) is 0. The van der Waals surface area contributed by atoms with Crippen LogP contribution in [0.2, 0.25) is 0 Å². The second-order valence-electron chi connectivity index (χ2n) is 4.54. The Labute approximate surface area is 113 Å². The molecule has 1 atom stereocenters. The maximum atomic E-state index is 13.9. The van der Waals surface area contributed by atoms with E-state index >= 15 is 0 Å². The van der Waals surface area contributed by atoms with Gasteiger partial charge < -0.3 is 10.5 Å². The molecule has 100 valence electrons. The Balaban J connectivity index is 2.43. The van der Waals surface area contributed by atoms with E-state index in [1.54, 1.807) is 19.2 Å². The summed E-state index contributed by atoms with van der Waals surface area (Å²) in [5.74, 6) is 0.477. The van der Waals surface area contributed by atoms with Crippen LogP contribution in [0, 0.1) is 12.7 Å². The van der Waals surface area contributed by atoms with Gasteiger partial charge in [0.25, 0.3) is 0 Å². The minimum atomic E-state index is -0.216. The van der Waals surface area contributed by atoms with Crippen molar-refractivity contribution in [2.45, 2.75) is 12.8 Å². The third-order valence-corrected chi connectivity index (χ3v) is 3.34. The Kier molecular flexibility index (Phi) is 4.17. The van der Waals surface area contributed by atoms with Crippen LogP contribution in [0.1, 0.15) is 22.6 Å². The van der Waals surface area contributed by atoms with E-state index in [0.29, 0.717) is 12.1 Å². The van der Waals surface area contributed by atoms with Gasteiger partial charge in [-0.1, -0.05) is 30.3 Å². The van der Waals surface area contributed by atoms with Gasteiger partial charge in [0, 0.05) is 12.5 Å². The number of hydrogen-bond donors (Lipinski definition) is 1. The highest BCUT2D eigenvalue weighted by Crippen LogP contribution is 2.29. The Hall–Kier alpha value is -1.87. The van der Waals surface area contributed by atoms with Crippen molar-refractivity contribution in [2.24, 2.45) is 5.73 Å². The highest BCUT2D eigenvalue weighted by atomic mass is 19.1. The summed E-state index contributed by atoms with van der Waals surface area (Å²) in [7, 11) is 1.64. The molecule has 0 bridgehead atoms. The average Bonchev–Trinajstić information content (AvgIpc) is 2.42. The first-order valence-electron chi connectivity index (χ1n) is 6.26. The summed E-state index contributed by atoms with van der Waals surface area (Å²) in [6, 6.07) is 12.6. The van der Waals surface area contributed by atoms with Gasteiger partial charge in [-0.3, -0.25) is 0 Å². The number of benzene rings is 2. The molecule has 2 nitrogen and oxygen atoms in total. The van der Waals surface area contributed by atoms with E-state index in [9.17, 15) is 4.39 Å². The van der Waals surface area contributed by atoms with Crippen LogP contribution in [0.25, 0.3) is 0 Å². The molecule has 0 aliphatic carbocycles. The SMILES string of the molecule is COc1ccc(C(CN)c2ccccc2F)cc1C. The molecule has 2 N–H and O–H groups in total. The molecule has 3 heteroatoms. The lowest BCUT2D eigenvalue weighted by molar-refractivity contribution is 0.411. The predicted octanol–water partition coefficient (Wildman–Crippen LogP) is 3.23. The summed E-state index contributed by atoms with van der Waals surface area (Å²) >= 11 is 0. The lowest BCUT2D eigenvalue weighted by Gasteiger charge is -2.18. The molecule has 2 rings (SSSR count). The van der Waals surface area contributed by atoms with E-state index < -0.39 is 0 Å². The fraction of sp³-hybridized carbons (Fsp3) is 0.250. The van der Waals surface area contributed by atoms with Gasteiger partial charge in [0.2, 0.25) is 0 Å². The third kappa shape index (κ3) is 2.76. The molecule has 0 saturated carbocycles. The molecule has 1 unspecified atom stereocenters. The second-order valence-corrected chi connectivity index (χ2v) is 4.54. The van der Waals surface area contributed by atoms with Crippen LogP contribution in [-0.2, 0) is 0 Å². The smallest absolute Gasteiger partial charge is 0.127 e. The van der Waals surface area contributed by atoms with Crippen molar-refractivity contribution >= 4 is 0 Å². The minimum absolute atomic E-state index is 0.134. The lowest BCUT2D eigenvalue weighted by atomic mass is 9.90. The maximum Gasteiger partial charge on any atom is 0.127 e. The van der Waals surface area contributed by atoms with Crippen LogP contribution < -0.4 is 10.5 Å². The van der Waals surface area contributed by atoms with E-state index in [0.717, 1.165) is 16.9 Å². The van der Waals surface area contributed by atoms with Gasteiger partial charge in [-0.2, -0.15) is 0 Å². The first-order chi connectivity index (χ1) is 9.17. The van der Waals surface area contributed by atoms with Crippen molar-refractivity contribution in [3.05, 3.63) is 65.0 Å². The number of aryl methyl sites for hydroxylation is 1. The van der Waals surface area contributed by atoms with Crippen LogP contribution in [0.4, 0.5) is 4.39 Å². The molecule has 0 aromatic heterocycles. The lowest BCUT2D eigenvalue weighted by Crippen LogP contribution is -2.15. The average molecular weight is 259 g/mol. The Bertz CT molecular complexity index is 568. The van der Waals surface area contributed by atoms with E-state index in [-0.39, 0.29) is 11.7 Å². The quantitative estimate of drug-likeness (QED) is 0.915. The van der Waals surface area contributed by atoms with Gasteiger partial charge in [-0.25, -0.2) is 4.39 Å². The van der Waals surface area contributed by atoms with Gasteiger partial charge in [0.15, 0.2) is 0 Å². The molecule has 0 spiro atoms. The number of rotatable bonds is 4. The Morgan fingerprint density at radius 3 is 2.53 bits per heavy atom. The molecule has 0 amide bonds. The number of nitrogens with two attached hydrogens (primary N) is 1. The fourth-order valence-electron chi connectivity index (χ4n) is 2.32. The zero-order chi connectivity index (χ0) is 13.8. The Morgan fingerprint density at radius 1 is 1.21 bits per heavy atom. The molecular weight excluding hydrogens is 241 g/mol. The number of ether oxygens (including phenoxy) is 1. The third-order valence-electron chi connectivity index (χ3n) is 3.34. The normalized spacial score (nSPS) is 12.2. The van der Waals surface area contributed by atoms with Gasteiger partial charge in [-0.15, -0.1) is 0 Å². The van der Waals surface area contributed by atoms with Crippen LogP contribution in [-0.4, -0.2) is 13.7 Å². The standard InChI is InChI=1S/C16H18FNO/c1-11-9-12(7-8-16(11)19-2)14(10-18)13-5-3-4-6-15(13)17/h3-9,14H,10,18H2,1-2H3. The Morgan fingerprint density at radius 2 is 1.95 bits per heavy atom. The zero-order valence-corrected chi connectivity index (χ0v) is 11.2. The van der Waals surface area contributed by atoms with E-state index in [2.05, 4.69) is 0 Å². The maximum absolute atomic E-state index is 13.9. The highest BCUT2D eigenvalue weighted by molar-refractivity contribution is 5.41. The molecule has 0 radical (unpaired) electrons. The minimum Gasteiger partial charge on any atom is -0.496 e. The van der Waals surface area contributed by atoms with E-state index in [1.807, 2.05) is 31.2 Å². The summed E-state index contributed by atoms with van der Waals surface area (Å²) in [6.07, 6.45) is 0. The van der Waals surface area contributed by atoms with Crippen LogP contribution in [0.15, 0.2) is 42.5 Å². The molecule has 0 saturated heterocycles. The molecule has 0 aliphatic heterocycles. The molecule has 0 fully saturated rings. The van der Waals surface area contributed by atoms with Gasteiger partial charge in [0.05, 0.1) is 7.11 Å². The van der Waals surface area contributed by atoms with Crippen LogP contribution in [0.3, 0.4) is 0 Å². The van der Waals surface area contributed by atoms with Crippen LogP contribution in [0.5, 0.6) is 5.75 Å². The van der Waals surface area contributed by atoms with Gasteiger partial charge >= 0.3 is 0 Å². The first-order valence-corrected chi connectivity index (χ1v) is 6.26. The summed E-state index contributed by atoms with van der Waals surface area (Å²) in [6.45, 7) is 2.34. The second kappa shape index (κ2) is 5.85. The monoisotopic (exact) mass is 259 g/mol. The van der Waals surface area contributed by atoms with Crippen molar-refractivity contribution < 1.29 is 9.13 Å². The van der Waals surface area contributed by atoms with Gasteiger partial charge in [-0.05, 0) is 35.7 Å². The van der Waals surface area contributed by atoms with Crippen LogP contribution >= 0.6 is 0 Å². The molecule has 0 aliphatic rings. The number of hydrogen-bond acceptors (Lipinski definition) is 2. The summed E-state index contributed by atoms with van der Waals surface area (Å²) < 4.78 is 19.1. The number of methoxy groups -OCH3 is 1. The van der Waals surface area contributed by atoms with Crippen molar-refractivity contribution in [3.63, 3.8) is 0 Å². The van der Waals surface area contributed by atoms with E-state index in [4.69, 9.17) is 10.5 Å². The van der Waals surface area contributed by atoms with Crippen molar-refractivity contribution in [1.82, 2.24) is 0 Å². The molecule has 2 aromatic carbocycles. The largest absolute Gasteiger partial charge is 0.496 e. The molecule has 19 heavy (non-hydrogen) atoms. The zero-order valence-electron chi connectivity index (χ0n) is 11.2. The summed E-state index contributed by atoms with van der Waals surface area (Å²) in [4.78, 5) is 0.